The van der Waals surface area contributed by atoms with E-state index in [-0.39, 0.29) is 35.5 Å². The van der Waals surface area contributed by atoms with Gasteiger partial charge in [-0.15, -0.1) is 0 Å². The fourth-order valence-electron chi connectivity index (χ4n) is 2.37. The number of aromatic carboxylic acids is 4. The minimum atomic E-state index is -1.06. The maximum Gasteiger partial charge on any atom is 0.335 e. The van der Waals surface area contributed by atoms with E-state index >= 15 is 0 Å². The molecule has 34 heavy (non-hydrogen) atoms. The molecule has 0 fully saturated rings. The van der Waals surface area contributed by atoms with Crippen molar-refractivity contribution in [2.45, 2.75) is 0 Å². The van der Waals surface area contributed by atoms with Gasteiger partial charge in [0, 0.05) is 0 Å². The molecule has 0 heterocycles. The van der Waals surface area contributed by atoms with Gasteiger partial charge in [-0.2, -0.15) is 0 Å². The summed E-state index contributed by atoms with van der Waals surface area (Å²) in [6.45, 7) is -0.250. The average Bonchev–Trinajstić information content (AvgIpc) is 2.84. The van der Waals surface area contributed by atoms with E-state index in [2.05, 4.69) is 0 Å². The van der Waals surface area contributed by atoms with Crippen molar-refractivity contribution in [3.63, 3.8) is 0 Å². The van der Waals surface area contributed by atoms with Gasteiger partial charge in [0.2, 0.25) is 0 Å². The van der Waals surface area contributed by atoms with Crippen molar-refractivity contribution in [2.24, 2.45) is 0 Å². The number of aliphatic hydroxyl groups excluding tert-OH is 2. The van der Waals surface area contributed by atoms with Crippen molar-refractivity contribution in [1.82, 2.24) is 0 Å². The highest BCUT2D eigenvalue weighted by molar-refractivity contribution is 5.91. The van der Waals surface area contributed by atoms with E-state index in [1.165, 1.54) is 48.5 Å². The highest BCUT2D eigenvalue weighted by Gasteiger charge is 2.06. The molecule has 0 saturated heterocycles. The van der Waals surface area contributed by atoms with Crippen LogP contribution in [0, 0.1) is 0 Å². The molecule has 0 aliphatic heterocycles. The Morgan fingerprint density at radius 1 is 0.412 bits per heavy atom. The normalized spacial score (nSPS) is 9.47. The molecular weight excluding hydrogens is 448 g/mol. The van der Waals surface area contributed by atoms with E-state index in [9.17, 15) is 19.2 Å². The third-order valence-electron chi connectivity index (χ3n) is 4.08. The molecule has 0 aliphatic rings. The van der Waals surface area contributed by atoms with Crippen molar-refractivity contribution in [3.8, 4) is 11.1 Å². The van der Waals surface area contributed by atoms with Crippen LogP contribution in [0.3, 0.4) is 0 Å². The summed E-state index contributed by atoms with van der Waals surface area (Å²) in [6, 6.07) is 17.9. The van der Waals surface area contributed by atoms with Crippen molar-refractivity contribution < 1.29 is 49.8 Å². The number of hydrogen-bond acceptors (Lipinski definition) is 6. The molecule has 0 radical (unpaired) electrons. The third-order valence-corrected chi connectivity index (χ3v) is 4.08. The number of carbonyl (C=O) groups is 4. The van der Waals surface area contributed by atoms with Crippen LogP contribution in [-0.2, 0) is 0 Å². The number of hydrogen-bond donors (Lipinski definition) is 6. The molecule has 0 spiro atoms. The zero-order valence-electron chi connectivity index (χ0n) is 17.7. The Morgan fingerprint density at radius 3 is 0.735 bits per heavy atom. The van der Waals surface area contributed by atoms with Gasteiger partial charge in [-0.25, -0.2) is 19.2 Å². The molecule has 0 atom stereocenters. The number of rotatable bonds is 6. The molecule has 3 aromatic rings. The van der Waals surface area contributed by atoms with Gasteiger partial charge in [-0.05, 0) is 59.7 Å². The first-order chi connectivity index (χ1) is 16.1. The summed E-state index contributed by atoms with van der Waals surface area (Å²) >= 11 is 0. The van der Waals surface area contributed by atoms with Gasteiger partial charge in [0.15, 0.2) is 0 Å². The SMILES string of the molecule is O=C(O)c1ccc(-c2ccc(C(=O)O)cc2)cc1.O=C(O)c1ccc(C(=O)O)cc1.OCCO. The van der Waals surface area contributed by atoms with Gasteiger partial charge in [-0.3, -0.25) is 0 Å². The molecule has 178 valence electrons. The van der Waals surface area contributed by atoms with Crippen LogP contribution in [0.5, 0.6) is 0 Å². The minimum Gasteiger partial charge on any atom is -0.478 e. The summed E-state index contributed by atoms with van der Waals surface area (Å²) in [5.41, 5.74) is 2.30. The van der Waals surface area contributed by atoms with Gasteiger partial charge in [0.1, 0.15) is 0 Å². The molecule has 3 aromatic carbocycles. The maximum atomic E-state index is 10.7. The Labute approximate surface area is 193 Å². The van der Waals surface area contributed by atoms with Crippen LogP contribution < -0.4 is 0 Å². The smallest absolute Gasteiger partial charge is 0.335 e. The number of carboxylic acid groups (broad SMARTS) is 4. The first-order valence-electron chi connectivity index (χ1n) is 9.56. The third kappa shape index (κ3) is 8.91. The van der Waals surface area contributed by atoms with Crippen molar-refractivity contribution in [2.75, 3.05) is 13.2 Å². The highest BCUT2D eigenvalue weighted by Crippen LogP contribution is 2.20. The molecular formula is C24H22O10. The summed E-state index contributed by atoms with van der Waals surface area (Å²) in [5, 5.41) is 49.7. The van der Waals surface area contributed by atoms with Crippen LogP contribution in [0.1, 0.15) is 41.4 Å². The van der Waals surface area contributed by atoms with Crippen LogP contribution >= 0.6 is 0 Å². The molecule has 3 rings (SSSR count). The molecule has 0 aromatic heterocycles. The van der Waals surface area contributed by atoms with Crippen LogP contribution in [0.25, 0.3) is 11.1 Å². The van der Waals surface area contributed by atoms with E-state index < -0.39 is 23.9 Å². The fraction of sp³-hybridized carbons (Fsp3) is 0.0833. The molecule has 10 nitrogen and oxygen atoms in total. The Hall–Kier alpha value is -4.54. The summed E-state index contributed by atoms with van der Waals surface area (Å²) in [7, 11) is 0. The first kappa shape index (κ1) is 27.5. The van der Waals surface area contributed by atoms with Crippen molar-refractivity contribution >= 4 is 23.9 Å². The lowest BCUT2D eigenvalue weighted by Crippen LogP contribution is -1.99. The molecule has 0 unspecified atom stereocenters. The predicted molar refractivity (Wildman–Crippen MR) is 120 cm³/mol. The van der Waals surface area contributed by atoms with E-state index in [0.717, 1.165) is 11.1 Å². The second-order valence-electron chi connectivity index (χ2n) is 6.40. The largest absolute Gasteiger partial charge is 0.478 e. The highest BCUT2D eigenvalue weighted by atomic mass is 16.4. The average molecular weight is 470 g/mol. The standard InChI is InChI=1S/C14H10O4.C8H6O4.C2H6O2/c15-13(16)11-5-1-9(2-6-11)10-3-7-12(8-4-10)14(17)18;9-7(10)5-1-2-6(4-3-5)8(11)12;3-1-2-4/h1-8H,(H,15,16)(H,17,18);1-4H,(H,9,10)(H,11,12);3-4H,1-2H2. The Kier molecular flexibility index (Phi) is 11.1. The van der Waals surface area contributed by atoms with Crippen molar-refractivity contribution in [1.29, 1.82) is 0 Å². The van der Waals surface area contributed by atoms with Gasteiger partial charge < -0.3 is 30.6 Å². The molecule has 0 saturated carbocycles. The minimum absolute atomic E-state index is 0.0833. The summed E-state index contributed by atoms with van der Waals surface area (Å²) in [4.78, 5) is 42.1. The van der Waals surface area contributed by atoms with Crippen LogP contribution in [0.2, 0.25) is 0 Å². The lowest BCUT2D eigenvalue weighted by atomic mass is 10.0. The lowest BCUT2D eigenvalue weighted by Gasteiger charge is -2.03. The van der Waals surface area contributed by atoms with E-state index in [1.54, 1.807) is 24.3 Å². The fourth-order valence-corrected chi connectivity index (χ4v) is 2.37. The number of benzene rings is 3. The molecule has 6 N–H and O–H groups in total. The predicted octanol–water partition coefficient (Wildman–Crippen LogP) is 2.80. The van der Waals surface area contributed by atoms with E-state index in [0.29, 0.717) is 0 Å². The first-order valence-corrected chi connectivity index (χ1v) is 9.56. The van der Waals surface area contributed by atoms with Crippen LogP contribution in [-0.4, -0.2) is 67.7 Å². The topological polar surface area (TPSA) is 190 Å². The monoisotopic (exact) mass is 470 g/mol. The summed E-state index contributed by atoms with van der Waals surface area (Å²) < 4.78 is 0. The summed E-state index contributed by atoms with van der Waals surface area (Å²) in [6.07, 6.45) is 0. The van der Waals surface area contributed by atoms with Crippen LogP contribution in [0.15, 0.2) is 72.8 Å². The molecule has 0 aliphatic carbocycles. The molecule has 0 bridgehead atoms. The number of aliphatic hydroxyl groups is 2. The molecule has 0 amide bonds. The lowest BCUT2D eigenvalue weighted by molar-refractivity contribution is 0.0681. The van der Waals surface area contributed by atoms with Gasteiger partial charge >= 0.3 is 23.9 Å². The summed E-state index contributed by atoms with van der Waals surface area (Å²) in [5.74, 6) is -4.07. The molecule has 10 heteroatoms. The Balaban J connectivity index is 0.000000312. The van der Waals surface area contributed by atoms with Gasteiger partial charge in [-0.1, -0.05) is 24.3 Å². The van der Waals surface area contributed by atoms with E-state index in [4.69, 9.17) is 30.6 Å². The number of carboxylic acids is 4. The Morgan fingerprint density at radius 2 is 0.588 bits per heavy atom. The zero-order valence-corrected chi connectivity index (χ0v) is 17.7. The second-order valence-corrected chi connectivity index (χ2v) is 6.40. The van der Waals surface area contributed by atoms with Crippen molar-refractivity contribution in [3.05, 3.63) is 95.1 Å². The van der Waals surface area contributed by atoms with E-state index in [1.807, 2.05) is 0 Å². The Bertz CT molecular complexity index is 1010. The van der Waals surface area contributed by atoms with Gasteiger partial charge in [0.25, 0.3) is 0 Å². The zero-order chi connectivity index (χ0) is 25.7. The maximum absolute atomic E-state index is 10.7. The quantitative estimate of drug-likeness (QED) is 0.312. The van der Waals surface area contributed by atoms with Gasteiger partial charge in [0.05, 0.1) is 35.5 Å². The second kappa shape index (κ2) is 13.8. The van der Waals surface area contributed by atoms with Crippen LogP contribution in [0.4, 0.5) is 0 Å².